The van der Waals surface area contributed by atoms with E-state index >= 15 is 0 Å². The number of hydrogen-bond donors (Lipinski definition) is 1. The first kappa shape index (κ1) is 13.9. The number of para-hydroxylation sites is 1. The first-order valence-corrected chi connectivity index (χ1v) is 6.66. The second kappa shape index (κ2) is 6.09. The summed E-state index contributed by atoms with van der Waals surface area (Å²) < 4.78 is 6.01. The Morgan fingerprint density at radius 2 is 1.95 bits per heavy atom. The van der Waals surface area contributed by atoms with Gasteiger partial charge in [0.05, 0.1) is 5.02 Å². The molecule has 2 rings (SSSR count). The van der Waals surface area contributed by atoms with Crippen LogP contribution in [0.1, 0.15) is 16.7 Å². The number of nitrogens with one attached hydrogen (secondary N) is 1. The predicted octanol–water partition coefficient (Wildman–Crippen LogP) is 4.47. The largest absolute Gasteiger partial charge is 0.455 e. The van der Waals surface area contributed by atoms with Crippen LogP contribution in [0.15, 0.2) is 36.4 Å². The average molecular weight is 276 g/mol. The van der Waals surface area contributed by atoms with Crippen LogP contribution in [0, 0.1) is 13.8 Å². The van der Waals surface area contributed by atoms with E-state index in [1.807, 2.05) is 44.3 Å². The van der Waals surface area contributed by atoms with Gasteiger partial charge in [-0.15, -0.1) is 0 Å². The molecule has 19 heavy (non-hydrogen) atoms. The Hall–Kier alpha value is -1.51. The van der Waals surface area contributed by atoms with Gasteiger partial charge in [0.1, 0.15) is 5.75 Å². The van der Waals surface area contributed by atoms with Gasteiger partial charge in [0.2, 0.25) is 0 Å². The van der Waals surface area contributed by atoms with Crippen LogP contribution in [-0.2, 0) is 6.54 Å². The van der Waals surface area contributed by atoms with E-state index in [9.17, 15) is 0 Å². The van der Waals surface area contributed by atoms with Crippen molar-refractivity contribution < 1.29 is 4.74 Å². The highest BCUT2D eigenvalue weighted by atomic mass is 35.5. The van der Waals surface area contributed by atoms with Crippen molar-refractivity contribution in [1.82, 2.24) is 5.32 Å². The molecule has 0 bridgehead atoms. The van der Waals surface area contributed by atoms with Crippen molar-refractivity contribution >= 4 is 11.6 Å². The molecule has 100 valence electrons. The zero-order valence-corrected chi connectivity index (χ0v) is 12.2. The van der Waals surface area contributed by atoms with Crippen molar-refractivity contribution in [2.24, 2.45) is 0 Å². The van der Waals surface area contributed by atoms with Gasteiger partial charge < -0.3 is 10.1 Å². The van der Waals surface area contributed by atoms with Crippen LogP contribution in [0.3, 0.4) is 0 Å². The van der Waals surface area contributed by atoms with Gasteiger partial charge in [-0.3, -0.25) is 0 Å². The van der Waals surface area contributed by atoms with Crippen molar-refractivity contribution in [1.29, 1.82) is 0 Å². The minimum Gasteiger partial charge on any atom is -0.455 e. The molecule has 0 aliphatic heterocycles. The lowest BCUT2D eigenvalue weighted by Gasteiger charge is -2.14. The van der Waals surface area contributed by atoms with Crippen LogP contribution in [0.4, 0.5) is 0 Å². The van der Waals surface area contributed by atoms with Gasteiger partial charge in [0, 0.05) is 12.1 Å². The van der Waals surface area contributed by atoms with Gasteiger partial charge in [0.25, 0.3) is 0 Å². The van der Waals surface area contributed by atoms with Crippen molar-refractivity contribution in [3.05, 3.63) is 58.1 Å². The SMILES string of the molecule is CNCc1cccc(Cl)c1Oc1ccc(C)cc1C. The third-order valence-corrected chi connectivity index (χ3v) is 3.26. The van der Waals surface area contributed by atoms with Crippen molar-refractivity contribution in [3.8, 4) is 11.5 Å². The van der Waals surface area contributed by atoms with Gasteiger partial charge in [-0.25, -0.2) is 0 Å². The number of benzene rings is 2. The molecule has 0 unspecified atom stereocenters. The van der Waals surface area contributed by atoms with Crippen LogP contribution in [0.5, 0.6) is 11.5 Å². The molecule has 0 amide bonds. The number of hydrogen-bond acceptors (Lipinski definition) is 2. The van der Waals surface area contributed by atoms with Crippen molar-refractivity contribution in [2.45, 2.75) is 20.4 Å². The summed E-state index contributed by atoms with van der Waals surface area (Å²) in [6.07, 6.45) is 0. The summed E-state index contributed by atoms with van der Waals surface area (Å²) >= 11 is 6.25. The molecule has 0 aromatic heterocycles. The van der Waals surface area contributed by atoms with Gasteiger partial charge >= 0.3 is 0 Å². The molecule has 1 N–H and O–H groups in total. The van der Waals surface area contributed by atoms with Crippen molar-refractivity contribution in [2.75, 3.05) is 7.05 Å². The third-order valence-electron chi connectivity index (χ3n) is 2.96. The zero-order valence-electron chi connectivity index (χ0n) is 11.5. The molecule has 2 nitrogen and oxygen atoms in total. The normalized spacial score (nSPS) is 10.5. The maximum Gasteiger partial charge on any atom is 0.150 e. The molecule has 0 fully saturated rings. The van der Waals surface area contributed by atoms with Crippen LogP contribution in [0.25, 0.3) is 0 Å². The smallest absolute Gasteiger partial charge is 0.150 e. The summed E-state index contributed by atoms with van der Waals surface area (Å²) in [7, 11) is 1.90. The molecule has 0 aliphatic carbocycles. The molecular formula is C16H18ClNO. The van der Waals surface area contributed by atoms with Crippen LogP contribution < -0.4 is 10.1 Å². The second-order valence-electron chi connectivity index (χ2n) is 4.63. The van der Waals surface area contributed by atoms with E-state index in [0.29, 0.717) is 5.02 Å². The topological polar surface area (TPSA) is 21.3 Å². The van der Waals surface area contributed by atoms with Crippen LogP contribution in [0.2, 0.25) is 5.02 Å². The first-order chi connectivity index (χ1) is 9.11. The Bertz CT molecular complexity index is 581. The minimum absolute atomic E-state index is 0.632. The Morgan fingerprint density at radius 3 is 2.63 bits per heavy atom. The maximum atomic E-state index is 6.25. The number of rotatable bonds is 4. The monoisotopic (exact) mass is 275 g/mol. The fraction of sp³-hybridized carbons (Fsp3) is 0.250. The Morgan fingerprint density at radius 1 is 1.16 bits per heavy atom. The summed E-state index contributed by atoms with van der Waals surface area (Å²) in [4.78, 5) is 0. The van der Waals surface area contributed by atoms with E-state index in [2.05, 4.69) is 18.3 Å². The molecule has 0 saturated heterocycles. The molecule has 2 aromatic carbocycles. The average Bonchev–Trinajstić information content (AvgIpc) is 2.36. The fourth-order valence-corrected chi connectivity index (χ4v) is 2.25. The van der Waals surface area contributed by atoms with Gasteiger partial charge in [-0.1, -0.05) is 41.4 Å². The summed E-state index contributed by atoms with van der Waals surface area (Å²) in [6.45, 7) is 4.83. The molecule has 0 saturated carbocycles. The second-order valence-corrected chi connectivity index (χ2v) is 5.04. The van der Waals surface area contributed by atoms with E-state index in [4.69, 9.17) is 16.3 Å². The minimum atomic E-state index is 0.632. The third kappa shape index (κ3) is 3.28. The van der Waals surface area contributed by atoms with E-state index in [-0.39, 0.29) is 0 Å². The molecule has 0 atom stereocenters. The molecule has 2 aromatic rings. The highest BCUT2D eigenvalue weighted by molar-refractivity contribution is 6.32. The maximum absolute atomic E-state index is 6.25. The van der Waals surface area contributed by atoms with E-state index < -0.39 is 0 Å². The molecular weight excluding hydrogens is 258 g/mol. The predicted molar refractivity (Wildman–Crippen MR) is 80.2 cm³/mol. The highest BCUT2D eigenvalue weighted by Gasteiger charge is 2.10. The van der Waals surface area contributed by atoms with Crippen LogP contribution in [-0.4, -0.2) is 7.05 Å². The van der Waals surface area contributed by atoms with E-state index in [1.165, 1.54) is 5.56 Å². The fourth-order valence-electron chi connectivity index (χ4n) is 2.02. The van der Waals surface area contributed by atoms with Gasteiger partial charge in [-0.2, -0.15) is 0 Å². The summed E-state index contributed by atoms with van der Waals surface area (Å²) in [6, 6.07) is 11.9. The summed E-state index contributed by atoms with van der Waals surface area (Å²) in [5, 5.41) is 3.75. The van der Waals surface area contributed by atoms with Gasteiger partial charge in [-0.05, 0) is 38.6 Å². The van der Waals surface area contributed by atoms with Gasteiger partial charge in [0.15, 0.2) is 5.75 Å². The lowest BCUT2D eigenvalue weighted by atomic mass is 10.1. The Labute approximate surface area is 119 Å². The molecule has 3 heteroatoms. The van der Waals surface area contributed by atoms with Crippen molar-refractivity contribution in [3.63, 3.8) is 0 Å². The Kier molecular flexibility index (Phi) is 4.46. The quantitative estimate of drug-likeness (QED) is 0.889. The lowest BCUT2D eigenvalue weighted by Crippen LogP contribution is -2.06. The molecule has 0 spiro atoms. The number of halogens is 1. The Balaban J connectivity index is 2.37. The molecule has 0 radical (unpaired) electrons. The van der Waals surface area contributed by atoms with E-state index in [0.717, 1.165) is 29.2 Å². The summed E-state index contributed by atoms with van der Waals surface area (Å²) in [5.74, 6) is 1.57. The van der Waals surface area contributed by atoms with Crippen LogP contribution >= 0.6 is 11.6 Å². The lowest BCUT2D eigenvalue weighted by molar-refractivity contribution is 0.471. The standard InChI is InChI=1S/C16H18ClNO/c1-11-7-8-15(12(2)9-11)19-16-13(10-18-3)5-4-6-14(16)17/h4-9,18H,10H2,1-3H3. The highest BCUT2D eigenvalue weighted by Crippen LogP contribution is 2.34. The zero-order chi connectivity index (χ0) is 13.8. The first-order valence-electron chi connectivity index (χ1n) is 6.29. The van der Waals surface area contributed by atoms with E-state index in [1.54, 1.807) is 0 Å². The number of ether oxygens (including phenoxy) is 1. The molecule has 0 heterocycles. The molecule has 0 aliphatic rings. The summed E-state index contributed by atoms with van der Waals surface area (Å²) in [5.41, 5.74) is 3.38. The number of aryl methyl sites for hydroxylation is 2.